The highest BCUT2D eigenvalue weighted by molar-refractivity contribution is 6.28. The summed E-state index contributed by atoms with van der Waals surface area (Å²) in [5.74, 6) is 0.793. The van der Waals surface area contributed by atoms with Crippen molar-refractivity contribution in [2.75, 3.05) is 31.1 Å². The van der Waals surface area contributed by atoms with Crippen LogP contribution >= 0.6 is 11.6 Å². The number of amides is 1. The van der Waals surface area contributed by atoms with Crippen LogP contribution in [0.5, 0.6) is 0 Å². The number of carbonyl (C=O) groups is 1. The van der Waals surface area contributed by atoms with Crippen LogP contribution in [0.15, 0.2) is 6.33 Å². The molecule has 3 heterocycles. The molecule has 1 aliphatic rings. The smallest absolute Gasteiger partial charge is 0.226 e. The third kappa shape index (κ3) is 3.53. The maximum Gasteiger partial charge on any atom is 0.226 e. The summed E-state index contributed by atoms with van der Waals surface area (Å²) in [4.78, 5) is 29.7. The van der Waals surface area contributed by atoms with Crippen molar-refractivity contribution in [1.29, 1.82) is 0 Å². The van der Waals surface area contributed by atoms with Gasteiger partial charge in [-0.25, -0.2) is 4.98 Å². The lowest BCUT2D eigenvalue weighted by Gasteiger charge is -2.32. The van der Waals surface area contributed by atoms with E-state index in [1.807, 2.05) is 0 Å². The fourth-order valence-electron chi connectivity index (χ4n) is 2.81. The Morgan fingerprint density at radius 3 is 2.96 bits per heavy atom. The van der Waals surface area contributed by atoms with Crippen molar-refractivity contribution < 1.29 is 9.90 Å². The van der Waals surface area contributed by atoms with Gasteiger partial charge >= 0.3 is 0 Å². The SMILES string of the molecule is O=C(NCCCO)C1CCN(c2nc(Cl)nc3nc[nH]c23)CC1. The van der Waals surface area contributed by atoms with Crippen LogP contribution in [0.3, 0.4) is 0 Å². The van der Waals surface area contributed by atoms with Gasteiger partial charge in [-0.15, -0.1) is 0 Å². The zero-order chi connectivity index (χ0) is 16.2. The molecule has 0 aromatic carbocycles. The lowest BCUT2D eigenvalue weighted by Crippen LogP contribution is -2.41. The number of rotatable bonds is 5. The first-order valence-electron chi connectivity index (χ1n) is 7.69. The molecule has 0 radical (unpaired) electrons. The third-order valence-corrected chi connectivity index (χ3v) is 4.21. The zero-order valence-electron chi connectivity index (χ0n) is 12.6. The van der Waals surface area contributed by atoms with Crippen molar-refractivity contribution in [3.05, 3.63) is 11.6 Å². The number of halogens is 1. The predicted molar refractivity (Wildman–Crippen MR) is 86.3 cm³/mol. The first kappa shape index (κ1) is 15.9. The average molecular weight is 339 g/mol. The average Bonchev–Trinajstić information content (AvgIpc) is 3.02. The van der Waals surface area contributed by atoms with Gasteiger partial charge in [0.25, 0.3) is 0 Å². The van der Waals surface area contributed by atoms with Crippen molar-refractivity contribution in [3.8, 4) is 0 Å². The second-order valence-electron chi connectivity index (χ2n) is 5.55. The van der Waals surface area contributed by atoms with Gasteiger partial charge in [0.05, 0.1) is 6.33 Å². The fourth-order valence-corrected chi connectivity index (χ4v) is 2.97. The first-order chi connectivity index (χ1) is 11.2. The van der Waals surface area contributed by atoms with Gasteiger partial charge in [0.1, 0.15) is 5.52 Å². The van der Waals surface area contributed by atoms with Crippen LogP contribution < -0.4 is 10.2 Å². The molecule has 0 spiro atoms. The number of hydrogen-bond donors (Lipinski definition) is 3. The van der Waals surface area contributed by atoms with Crippen LogP contribution in [0.1, 0.15) is 19.3 Å². The molecule has 0 bridgehead atoms. The highest BCUT2D eigenvalue weighted by atomic mass is 35.5. The minimum absolute atomic E-state index is 0.000454. The van der Waals surface area contributed by atoms with E-state index in [2.05, 4.69) is 30.2 Å². The molecule has 2 aromatic heterocycles. The Bertz CT molecular complexity index is 683. The van der Waals surface area contributed by atoms with E-state index in [1.165, 1.54) is 0 Å². The molecular weight excluding hydrogens is 320 g/mol. The largest absolute Gasteiger partial charge is 0.396 e. The Labute approximate surface area is 138 Å². The van der Waals surface area contributed by atoms with Gasteiger partial charge in [-0.3, -0.25) is 4.79 Å². The standard InChI is InChI=1S/C14H19ClN6O2/c15-14-19-11-10(17-8-18-11)12(20-14)21-5-2-9(3-6-21)13(23)16-4-1-7-22/h8-9,22H,1-7H2,(H,16,23)(H,17,18,19,20). The van der Waals surface area contributed by atoms with Crippen LogP contribution in [-0.4, -0.2) is 57.2 Å². The minimum atomic E-state index is -0.000454. The van der Waals surface area contributed by atoms with Crippen LogP contribution in [0, 0.1) is 5.92 Å². The Hall–Kier alpha value is -1.93. The minimum Gasteiger partial charge on any atom is -0.396 e. The van der Waals surface area contributed by atoms with Crippen molar-refractivity contribution in [3.63, 3.8) is 0 Å². The summed E-state index contributed by atoms with van der Waals surface area (Å²) in [7, 11) is 0. The van der Waals surface area contributed by atoms with E-state index in [0.717, 1.165) is 37.3 Å². The molecule has 8 nitrogen and oxygen atoms in total. The number of nitrogens with zero attached hydrogens (tertiary/aromatic N) is 4. The lowest BCUT2D eigenvalue weighted by atomic mass is 9.96. The quantitative estimate of drug-likeness (QED) is 0.548. The molecule has 0 saturated carbocycles. The molecule has 1 aliphatic heterocycles. The predicted octanol–water partition coefficient (Wildman–Crippen LogP) is 0.721. The van der Waals surface area contributed by atoms with Gasteiger partial charge in [-0.2, -0.15) is 9.97 Å². The molecule has 3 rings (SSSR count). The number of aromatic nitrogens is 4. The third-order valence-electron chi connectivity index (χ3n) is 4.04. The van der Waals surface area contributed by atoms with Crippen molar-refractivity contribution in [1.82, 2.24) is 25.3 Å². The number of fused-ring (bicyclic) bond motifs is 1. The van der Waals surface area contributed by atoms with Crippen LogP contribution in [0.2, 0.25) is 5.28 Å². The fraction of sp³-hybridized carbons (Fsp3) is 0.571. The number of aromatic amines is 1. The van der Waals surface area contributed by atoms with Gasteiger partial charge in [0.15, 0.2) is 11.5 Å². The first-order valence-corrected chi connectivity index (χ1v) is 8.07. The molecule has 0 unspecified atom stereocenters. The maximum absolute atomic E-state index is 12.1. The van der Waals surface area contributed by atoms with Gasteiger partial charge < -0.3 is 20.3 Å². The summed E-state index contributed by atoms with van der Waals surface area (Å²) in [6.45, 7) is 2.05. The summed E-state index contributed by atoms with van der Waals surface area (Å²) in [5.41, 5.74) is 1.31. The lowest BCUT2D eigenvalue weighted by molar-refractivity contribution is -0.125. The number of aliphatic hydroxyl groups excluding tert-OH is 1. The van der Waals surface area contributed by atoms with Crippen LogP contribution in [-0.2, 0) is 4.79 Å². The Kier molecular flexibility index (Phi) is 4.92. The molecule has 0 atom stereocenters. The number of nitrogens with one attached hydrogen (secondary N) is 2. The number of H-pyrrole nitrogens is 1. The van der Waals surface area contributed by atoms with Crippen molar-refractivity contribution in [2.24, 2.45) is 5.92 Å². The van der Waals surface area contributed by atoms with E-state index < -0.39 is 0 Å². The number of imidazole rings is 1. The highest BCUT2D eigenvalue weighted by Crippen LogP contribution is 2.27. The molecular formula is C14H19ClN6O2. The Morgan fingerprint density at radius 1 is 1.43 bits per heavy atom. The number of aliphatic hydroxyl groups is 1. The van der Waals surface area contributed by atoms with E-state index in [4.69, 9.17) is 16.7 Å². The van der Waals surface area contributed by atoms with Gasteiger partial charge in [0, 0.05) is 32.2 Å². The van der Waals surface area contributed by atoms with E-state index >= 15 is 0 Å². The molecule has 3 N–H and O–H groups in total. The number of carbonyl (C=O) groups excluding carboxylic acids is 1. The van der Waals surface area contributed by atoms with E-state index in [1.54, 1.807) is 6.33 Å². The highest BCUT2D eigenvalue weighted by Gasteiger charge is 2.27. The molecule has 9 heteroatoms. The summed E-state index contributed by atoms with van der Waals surface area (Å²) < 4.78 is 0. The molecule has 2 aromatic rings. The summed E-state index contributed by atoms with van der Waals surface area (Å²) in [5, 5.41) is 11.8. The number of anilines is 1. The van der Waals surface area contributed by atoms with Gasteiger partial charge in [-0.05, 0) is 30.9 Å². The van der Waals surface area contributed by atoms with Crippen LogP contribution in [0.4, 0.5) is 5.82 Å². The second-order valence-corrected chi connectivity index (χ2v) is 5.88. The van der Waals surface area contributed by atoms with E-state index in [0.29, 0.717) is 18.6 Å². The Balaban J connectivity index is 1.64. The number of piperidine rings is 1. The molecule has 1 amide bonds. The molecule has 1 saturated heterocycles. The molecule has 23 heavy (non-hydrogen) atoms. The normalized spacial score (nSPS) is 16.0. The topological polar surface area (TPSA) is 107 Å². The monoisotopic (exact) mass is 338 g/mol. The van der Waals surface area contributed by atoms with Gasteiger partial charge in [0.2, 0.25) is 11.2 Å². The molecule has 124 valence electrons. The van der Waals surface area contributed by atoms with E-state index in [9.17, 15) is 4.79 Å². The summed E-state index contributed by atoms with van der Waals surface area (Å²) in [6, 6.07) is 0. The number of hydrogen-bond acceptors (Lipinski definition) is 6. The summed E-state index contributed by atoms with van der Waals surface area (Å²) in [6.07, 6.45) is 3.66. The second kappa shape index (κ2) is 7.10. The van der Waals surface area contributed by atoms with Gasteiger partial charge in [-0.1, -0.05) is 0 Å². The summed E-state index contributed by atoms with van der Waals surface area (Å²) >= 11 is 5.96. The van der Waals surface area contributed by atoms with E-state index in [-0.39, 0.29) is 23.7 Å². The maximum atomic E-state index is 12.1. The molecule has 1 fully saturated rings. The van der Waals surface area contributed by atoms with Crippen molar-refractivity contribution in [2.45, 2.75) is 19.3 Å². The Morgan fingerprint density at radius 2 is 2.22 bits per heavy atom. The van der Waals surface area contributed by atoms with Crippen LogP contribution in [0.25, 0.3) is 11.2 Å². The zero-order valence-corrected chi connectivity index (χ0v) is 13.4. The van der Waals surface area contributed by atoms with Crippen molar-refractivity contribution >= 4 is 34.5 Å². The molecule has 0 aliphatic carbocycles.